The molecule has 10 heteroatoms. The smallest absolute Gasteiger partial charge is 0.350 e. The lowest BCUT2D eigenvalue weighted by molar-refractivity contribution is -0.132. The SMILES string of the molecule is C=CCOC(=O)c1sc(N2C(=O)C(=O)/C(=C(/O)c3ccc(OCc4ccccc4C)cc3)C2c2cccnc2)nc1C. The van der Waals surface area contributed by atoms with Crippen LogP contribution in [0.1, 0.15) is 43.7 Å². The molecule has 1 fully saturated rings. The van der Waals surface area contributed by atoms with E-state index >= 15 is 0 Å². The summed E-state index contributed by atoms with van der Waals surface area (Å²) >= 11 is 0.927. The molecule has 1 amide bonds. The fourth-order valence-electron chi connectivity index (χ4n) is 4.56. The molecule has 1 aliphatic rings. The summed E-state index contributed by atoms with van der Waals surface area (Å²) in [5, 5.41) is 11.5. The molecule has 42 heavy (non-hydrogen) atoms. The number of benzene rings is 2. The van der Waals surface area contributed by atoms with Crippen LogP contribution in [0.15, 0.2) is 91.3 Å². The Labute approximate surface area is 246 Å². The van der Waals surface area contributed by atoms with E-state index in [1.54, 1.807) is 49.5 Å². The second-order valence-corrected chi connectivity index (χ2v) is 10.5. The minimum atomic E-state index is -1.03. The molecule has 212 valence electrons. The quantitative estimate of drug-likeness (QED) is 0.0879. The highest BCUT2D eigenvalue weighted by Gasteiger charge is 2.48. The summed E-state index contributed by atoms with van der Waals surface area (Å²) in [5.74, 6) is -2.16. The summed E-state index contributed by atoms with van der Waals surface area (Å²) in [6.45, 7) is 7.55. The number of rotatable bonds is 9. The summed E-state index contributed by atoms with van der Waals surface area (Å²) in [6, 6.07) is 16.9. The topological polar surface area (TPSA) is 119 Å². The van der Waals surface area contributed by atoms with Gasteiger partial charge in [-0.25, -0.2) is 9.78 Å². The third-order valence-corrected chi connectivity index (χ3v) is 7.87. The van der Waals surface area contributed by atoms with Crippen LogP contribution in [0.2, 0.25) is 0 Å². The standard InChI is InChI=1S/C32H27N3O6S/c1-4-16-40-31(39)29-20(3)34-32(42-29)35-26(22-10-7-15-33-17-22)25(28(37)30(35)38)27(36)21-11-13-24(14-12-21)41-18-23-9-6-5-8-19(23)2/h4-15,17,26,36H,1,16,18H2,2-3H3/b27-25+. The van der Waals surface area contributed by atoms with Crippen molar-refractivity contribution in [3.05, 3.63) is 124 Å². The lowest BCUT2D eigenvalue weighted by Gasteiger charge is -2.22. The van der Waals surface area contributed by atoms with Gasteiger partial charge < -0.3 is 14.6 Å². The van der Waals surface area contributed by atoms with Crippen molar-refractivity contribution in [2.24, 2.45) is 0 Å². The van der Waals surface area contributed by atoms with E-state index in [1.165, 1.54) is 17.2 Å². The Balaban J connectivity index is 1.50. The van der Waals surface area contributed by atoms with E-state index < -0.39 is 23.7 Å². The molecule has 2 aromatic carbocycles. The molecular formula is C32H27N3O6S. The van der Waals surface area contributed by atoms with Crippen LogP contribution in [-0.4, -0.2) is 39.3 Å². The van der Waals surface area contributed by atoms with Crippen molar-refractivity contribution in [3.63, 3.8) is 0 Å². The van der Waals surface area contributed by atoms with Crippen molar-refractivity contribution in [3.8, 4) is 5.75 Å². The van der Waals surface area contributed by atoms with E-state index in [1.807, 2.05) is 31.2 Å². The third-order valence-electron chi connectivity index (χ3n) is 6.74. The normalized spacial score (nSPS) is 16.0. The lowest BCUT2D eigenvalue weighted by atomic mass is 9.96. The maximum atomic E-state index is 13.4. The highest BCUT2D eigenvalue weighted by molar-refractivity contribution is 7.17. The van der Waals surface area contributed by atoms with E-state index in [9.17, 15) is 19.5 Å². The number of esters is 1. The molecule has 1 saturated heterocycles. The average Bonchev–Trinajstić information content (AvgIpc) is 3.52. The van der Waals surface area contributed by atoms with Crippen molar-refractivity contribution in [1.29, 1.82) is 0 Å². The number of pyridine rings is 1. The number of carbonyl (C=O) groups excluding carboxylic acids is 3. The second kappa shape index (κ2) is 12.2. The molecule has 1 atom stereocenters. The van der Waals surface area contributed by atoms with Gasteiger partial charge in [-0.1, -0.05) is 54.3 Å². The van der Waals surface area contributed by atoms with Gasteiger partial charge in [0.05, 0.1) is 17.3 Å². The number of aliphatic hydroxyl groups is 1. The summed E-state index contributed by atoms with van der Waals surface area (Å²) in [4.78, 5) is 49.3. The van der Waals surface area contributed by atoms with E-state index in [0.29, 0.717) is 29.2 Å². The van der Waals surface area contributed by atoms with Crippen molar-refractivity contribution in [2.75, 3.05) is 11.5 Å². The van der Waals surface area contributed by atoms with Crippen LogP contribution in [0.25, 0.3) is 5.76 Å². The molecule has 0 saturated carbocycles. The number of ether oxygens (including phenoxy) is 2. The number of aliphatic hydroxyl groups excluding tert-OH is 1. The van der Waals surface area contributed by atoms with Crippen LogP contribution in [0.4, 0.5) is 5.13 Å². The number of hydrogen-bond acceptors (Lipinski definition) is 9. The van der Waals surface area contributed by atoms with Gasteiger partial charge in [0, 0.05) is 18.0 Å². The molecule has 0 aliphatic carbocycles. The van der Waals surface area contributed by atoms with E-state index in [4.69, 9.17) is 9.47 Å². The van der Waals surface area contributed by atoms with Gasteiger partial charge in [-0.3, -0.25) is 19.5 Å². The number of ketones is 1. The van der Waals surface area contributed by atoms with E-state index in [2.05, 4.69) is 16.5 Å². The molecule has 0 radical (unpaired) electrons. The molecule has 2 aromatic heterocycles. The zero-order valence-electron chi connectivity index (χ0n) is 22.9. The monoisotopic (exact) mass is 581 g/mol. The Morgan fingerprint density at radius 3 is 2.55 bits per heavy atom. The van der Waals surface area contributed by atoms with Gasteiger partial charge in [-0.05, 0) is 60.9 Å². The number of Topliss-reactive ketones (excluding diaryl/α,β-unsaturated/α-hetero) is 1. The summed E-state index contributed by atoms with van der Waals surface area (Å²) < 4.78 is 11.1. The molecule has 1 unspecified atom stereocenters. The number of anilines is 1. The van der Waals surface area contributed by atoms with Crippen LogP contribution in [0.5, 0.6) is 5.75 Å². The molecule has 5 rings (SSSR count). The molecular weight excluding hydrogens is 554 g/mol. The number of amides is 1. The van der Waals surface area contributed by atoms with Crippen LogP contribution in [0.3, 0.4) is 0 Å². The lowest BCUT2D eigenvalue weighted by Crippen LogP contribution is -2.29. The fourth-order valence-corrected chi connectivity index (χ4v) is 5.54. The van der Waals surface area contributed by atoms with Gasteiger partial charge >= 0.3 is 11.9 Å². The van der Waals surface area contributed by atoms with Crippen molar-refractivity contribution >= 4 is 39.9 Å². The third kappa shape index (κ3) is 5.57. The fraction of sp³-hybridized carbons (Fsp3) is 0.156. The van der Waals surface area contributed by atoms with Gasteiger partial charge in [-0.2, -0.15) is 0 Å². The van der Waals surface area contributed by atoms with Crippen molar-refractivity contribution in [1.82, 2.24) is 9.97 Å². The average molecular weight is 582 g/mol. The summed E-state index contributed by atoms with van der Waals surface area (Å²) in [6.07, 6.45) is 4.52. The first-order valence-electron chi connectivity index (χ1n) is 13.0. The maximum absolute atomic E-state index is 13.4. The van der Waals surface area contributed by atoms with Crippen LogP contribution in [0, 0.1) is 13.8 Å². The molecule has 4 aromatic rings. The van der Waals surface area contributed by atoms with Crippen molar-refractivity contribution < 1.29 is 29.0 Å². The maximum Gasteiger partial charge on any atom is 0.350 e. The Hall–Kier alpha value is -5.09. The predicted octanol–water partition coefficient (Wildman–Crippen LogP) is 5.70. The number of thiazole rings is 1. The van der Waals surface area contributed by atoms with Gasteiger partial charge in [0.2, 0.25) is 0 Å². The molecule has 1 aliphatic heterocycles. The first-order chi connectivity index (χ1) is 20.3. The first kappa shape index (κ1) is 28.4. The zero-order valence-corrected chi connectivity index (χ0v) is 23.8. The Kier molecular flexibility index (Phi) is 8.26. The highest BCUT2D eigenvalue weighted by Crippen LogP contribution is 2.43. The van der Waals surface area contributed by atoms with Gasteiger partial charge in [0.1, 0.15) is 29.6 Å². The molecule has 1 N–H and O–H groups in total. The first-order valence-corrected chi connectivity index (χ1v) is 13.9. The van der Waals surface area contributed by atoms with Crippen molar-refractivity contribution in [2.45, 2.75) is 26.5 Å². The molecule has 0 spiro atoms. The van der Waals surface area contributed by atoms with Gasteiger partial charge in [0.15, 0.2) is 5.13 Å². The Morgan fingerprint density at radius 2 is 1.86 bits per heavy atom. The van der Waals surface area contributed by atoms with Crippen LogP contribution >= 0.6 is 11.3 Å². The van der Waals surface area contributed by atoms with Crippen LogP contribution in [-0.2, 0) is 20.9 Å². The van der Waals surface area contributed by atoms with E-state index in [0.717, 1.165) is 22.5 Å². The second-order valence-electron chi connectivity index (χ2n) is 9.49. The minimum Gasteiger partial charge on any atom is -0.507 e. The molecule has 0 bridgehead atoms. The van der Waals surface area contributed by atoms with Gasteiger partial charge in [-0.15, -0.1) is 0 Å². The molecule has 3 heterocycles. The highest BCUT2D eigenvalue weighted by atomic mass is 32.1. The summed E-state index contributed by atoms with van der Waals surface area (Å²) in [7, 11) is 0. The Morgan fingerprint density at radius 1 is 1.10 bits per heavy atom. The zero-order chi connectivity index (χ0) is 29.8. The number of nitrogens with zero attached hydrogens (tertiary/aromatic N) is 3. The number of hydrogen-bond donors (Lipinski definition) is 1. The largest absolute Gasteiger partial charge is 0.507 e. The van der Waals surface area contributed by atoms with Crippen LogP contribution < -0.4 is 9.64 Å². The Bertz CT molecular complexity index is 1690. The number of carbonyl (C=O) groups is 3. The number of aryl methyl sites for hydroxylation is 2. The van der Waals surface area contributed by atoms with Gasteiger partial charge in [0.25, 0.3) is 5.78 Å². The predicted molar refractivity (Wildman–Crippen MR) is 158 cm³/mol. The number of aromatic nitrogens is 2. The summed E-state index contributed by atoms with van der Waals surface area (Å²) in [5.41, 5.74) is 3.20. The van der Waals surface area contributed by atoms with E-state index in [-0.39, 0.29) is 27.9 Å². The molecule has 9 nitrogen and oxygen atoms in total. The minimum absolute atomic E-state index is 0.0153.